The Morgan fingerprint density at radius 3 is 2.48 bits per heavy atom. The van der Waals surface area contributed by atoms with Crippen molar-refractivity contribution in [1.29, 1.82) is 0 Å². The Morgan fingerprint density at radius 1 is 1.24 bits per heavy atom. The molecule has 0 aliphatic carbocycles. The second-order valence-corrected chi connectivity index (χ2v) is 8.23. The molecular weight excluding hydrogens is 447 g/mol. The number of guanidine groups is 1. The summed E-state index contributed by atoms with van der Waals surface area (Å²) in [5, 5.41) is 7.10. The molecule has 2 aliphatic rings. The van der Waals surface area contributed by atoms with Gasteiger partial charge < -0.3 is 20.3 Å². The van der Waals surface area contributed by atoms with Crippen molar-refractivity contribution in [2.45, 2.75) is 56.7 Å². The Kier molecular flexibility index (Phi) is 11.8. The second kappa shape index (κ2) is 12.6. The highest BCUT2D eigenvalue weighted by Gasteiger charge is 2.31. The van der Waals surface area contributed by atoms with Gasteiger partial charge in [-0.15, -0.1) is 24.0 Å². The third kappa shape index (κ3) is 7.81. The lowest BCUT2D eigenvalue weighted by Crippen LogP contribution is -2.49. The minimum Gasteiger partial charge on any atom is -0.381 e. The number of aliphatic imine (C=N–C) groups is 1. The molecule has 148 valence electrons. The first-order valence-corrected chi connectivity index (χ1v) is 10.8. The van der Waals surface area contributed by atoms with Crippen molar-refractivity contribution in [3.05, 3.63) is 0 Å². The number of nitrogens with zero attached hydrogens (tertiary/aromatic N) is 2. The molecule has 0 unspecified atom stereocenters. The van der Waals surface area contributed by atoms with Gasteiger partial charge in [0.1, 0.15) is 0 Å². The number of rotatable bonds is 7. The summed E-state index contributed by atoms with van der Waals surface area (Å²) in [6.45, 7) is 11.6. The summed E-state index contributed by atoms with van der Waals surface area (Å²) in [5.41, 5.74) is 0. The van der Waals surface area contributed by atoms with Crippen molar-refractivity contribution < 1.29 is 4.74 Å². The fraction of sp³-hybridized carbons (Fsp3) is 0.944. The predicted octanol–water partition coefficient (Wildman–Crippen LogP) is 2.95. The van der Waals surface area contributed by atoms with Crippen molar-refractivity contribution in [1.82, 2.24) is 15.5 Å². The van der Waals surface area contributed by atoms with Crippen LogP contribution in [0.15, 0.2) is 4.99 Å². The van der Waals surface area contributed by atoms with E-state index in [4.69, 9.17) is 9.73 Å². The molecule has 0 aromatic rings. The van der Waals surface area contributed by atoms with E-state index in [0.717, 1.165) is 45.1 Å². The lowest BCUT2D eigenvalue weighted by molar-refractivity contribution is 0.0794. The number of likely N-dealkylation sites (tertiary alicyclic amines) is 1. The number of hydrogen-bond donors (Lipinski definition) is 2. The number of ether oxygens (including phenoxy) is 1. The molecule has 2 saturated heterocycles. The number of halogens is 1. The molecule has 0 atom stereocenters. The first-order chi connectivity index (χ1) is 11.7. The molecular formula is C18H37IN4OS. The lowest BCUT2D eigenvalue weighted by Gasteiger charge is -2.35. The van der Waals surface area contributed by atoms with Gasteiger partial charge in [0, 0.05) is 43.6 Å². The molecule has 5 nitrogen and oxygen atoms in total. The van der Waals surface area contributed by atoms with Gasteiger partial charge in [-0.25, -0.2) is 0 Å². The number of hydrogen-bond acceptors (Lipinski definition) is 4. The van der Waals surface area contributed by atoms with Crippen LogP contribution in [0.4, 0.5) is 0 Å². The quantitative estimate of drug-likeness (QED) is 0.331. The van der Waals surface area contributed by atoms with Crippen molar-refractivity contribution in [2.24, 2.45) is 4.99 Å². The van der Waals surface area contributed by atoms with Crippen LogP contribution in [0.25, 0.3) is 0 Å². The molecule has 0 aromatic carbocycles. The van der Waals surface area contributed by atoms with Crippen molar-refractivity contribution in [2.75, 3.05) is 52.2 Å². The second-order valence-electron chi connectivity index (χ2n) is 6.95. The number of thioether (sulfide) groups is 1. The SMILES string of the molecule is CCCN1CCC(NC(=NCC2(SC)CCOCC2)NCC)CC1.I. The fourth-order valence-corrected chi connectivity index (χ4v) is 4.29. The number of piperidine rings is 1. The summed E-state index contributed by atoms with van der Waals surface area (Å²) in [6, 6.07) is 0.552. The molecule has 0 spiro atoms. The third-order valence-electron chi connectivity index (χ3n) is 5.17. The fourth-order valence-electron chi connectivity index (χ4n) is 3.52. The van der Waals surface area contributed by atoms with E-state index in [9.17, 15) is 0 Å². The smallest absolute Gasteiger partial charge is 0.191 e. The van der Waals surface area contributed by atoms with Gasteiger partial charge in [-0.05, 0) is 51.8 Å². The summed E-state index contributed by atoms with van der Waals surface area (Å²) in [4.78, 5) is 7.51. The molecule has 25 heavy (non-hydrogen) atoms. The maximum atomic E-state index is 5.53. The largest absolute Gasteiger partial charge is 0.381 e. The molecule has 0 aromatic heterocycles. The van der Waals surface area contributed by atoms with E-state index in [2.05, 4.69) is 35.6 Å². The minimum atomic E-state index is 0. The molecule has 2 aliphatic heterocycles. The summed E-state index contributed by atoms with van der Waals surface area (Å²) in [5.74, 6) is 0.992. The Morgan fingerprint density at radius 2 is 1.92 bits per heavy atom. The van der Waals surface area contributed by atoms with Gasteiger partial charge in [-0.2, -0.15) is 11.8 Å². The molecule has 7 heteroatoms. The van der Waals surface area contributed by atoms with E-state index in [1.165, 1.54) is 38.9 Å². The third-order valence-corrected chi connectivity index (χ3v) is 6.58. The Hall–Kier alpha value is 0.270. The molecule has 2 heterocycles. The van der Waals surface area contributed by atoms with Crippen molar-refractivity contribution >= 4 is 41.7 Å². The van der Waals surface area contributed by atoms with Crippen LogP contribution in [0.3, 0.4) is 0 Å². The average Bonchev–Trinajstić information content (AvgIpc) is 2.62. The zero-order valence-electron chi connectivity index (χ0n) is 16.2. The van der Waals surface area contributed by atoms with Crippen molar-refractivity contribution in [3.63, 3.8) is 0 Å². The molecule has 0 bridgehead atoms. The van der Waals surface area contributed by atoms with Crippen LogP contribution >= 0.6 is 35.7 Å². The van der Waals surface area contributed by atoms with Crippen LogP contribution in [0, 0.1) is 0 Å². The molecule has 2 rings (SSSR count). The summed E-state index contributed by atoms with van der Waals surface area (Å²) < 4.78 is 5.79. The predicted molar refractivity (Wildman–Crippen MR) is 121 cm³/mol. The van der Waals surface area contributed by atoms with E-state index >= 15 is 0 Å². The summed E-state index contributed by atoms with van der Waals surface area (Å²) in [6.07, 6.45) is 8.10. The number of nitrogens with one attached hydrogen (secondary N) is 2. The van der Waals surface area contributed by atoms with Crippen LogP contribution in [0.5, 0.6) is 0 Å². The first-order valence-electron chi connectivity index (χ1n) is 9.61. The van der Waals surface area contributed by atoms with E-state index < -0.39 is 0 Å². The van der Waals surface area contributed by atoms with E-state index in [1.807, 2.05) is 11.8 Å². The lowest BCUT2D eigenvalue weighted by atomic mass is 9.99. The topological polar surface area (TPSA) is 48.9 Å². The zero-order chi connectivity index (χ0) is 17.3. The van der Waals surface area contributed by atoms with Gasteiger partial charge >= 0.3 is 0 Å². The highest BCUT2D eigenvalue weighted by atomic mass is 127. The van der Waals surface area contributed by atoms with E-state index in [0.29, 0.717) is 6.04 Å². The Balaban J connectivity index is 0.00000312. The average molecular weight is 484 g/mol. The monoisotopic (exact) mass is 484 g/mol. The van der Waals surface area contributed by atoms with Crippen LogP contribution in [-0.4, -0.2) is 73.8 Å². The molecule has 2 fully saturated rings. The molecule has 0 amide bonds. The standard InChI is InChI=1S/C18H36N4OS.HI/c1-4-10-22-11-6-16(7-12-22)21-17(19-5-2)20-15-18(24-3)8-13-23-14-9-18;/h16H,4-15H2,1-3H3,(H2,19,20,21);1H. The normalized spacial score (nSPS) is 22.3. The van der Waals surface area contributed by atoms with Crippen LogP contribution < -0.4 is 10.6 Å². The van der Waals surface area contributed by atoms with Crippen LogP contribution in [-0.2, 0) is 4.74 Å². The van der Waals surface area contributed by atoms with Gasteiger partial charge in [-0.1, -0.05) is 6.92 Å². The highest BCUT2D eigenvalue weighted by molar-refractivity contribution is 14.0. The van der Waals surface area contributed by atoms with Gasteiger partial charge in [0.2, 0.25) is 0 Å². The Labute approximate surface area is 175 Å². The van der Waals surface area contributed by atoms with Gasteiger partial charge in [0.15, 0.2) is 5.96 Å². The van der Waals surface area contributed by atoms with Gasteiger partial charge in [0.05, 0.1) is 6.54 Å². The Bertz CT molecular complexity index is 383. The first kappa shape index (κ1) is 23.3. The zero-order valence-corrected chi connectivity index (χ0v) is 19.3. The van der Waals surface area contributed by atoms with Crippen LogP contribution in [0.1, 0.15) is 46.0 Å². The summed E-state index contributed by atoms with van der Waals surface area (Å²) >= 11 is 1.96. The maximum Gasteiger partial charge on any atom is 0.191 e. The van der Waals surface area contributed by atoms with Gasteiger partial charge in [0.25, 0.3) is 0 Å². The van der Waals surface area contributed by atoms with E-state index in [1.54, 1.807) is 0 Å². The van der Waals surface area contributed by atoms with Gasteiger partial charge in [-0.3, -0.25) is 4.99 Å². The molecule has 0 saturated carbocycles. The highest BCUT2D eigenvalue weighted by Crippen LogP contribution is 2.34. The van der Waals surface area contributed by atoms with E-state index in [-0.39, 0.29) is 28.7 Å². The minimum absolute atomic E-state index is 0. The van der Waals surface area contributed by atoms with Crippen molar-refractivity contribution in [3.8, 4) is 0 Å². The maximum absolute atomic E-state index is 5.53. The molecule has 0 radical (unpaired) electrons. The van der Waals surface area contributed by atoms with Crippen LogP contribution in [0.2, 0.25) is 0 Å². The molecule has 2 N–H and O–H groups in total. The summed E-state index contributed by atoms with van der Waals surface area (Å²) in [7, 11) is 0.